The van der Waals surface area contributed by atoms with E-state index in [1.54, 1.807) is 0 Å². The number of hydrogen-bond donors (Lipinski definition) is 3. The Morgan fingerprint density at radius 1 is 1.37 bits per heavy atom. The van der Waals surface area contributed by atoms with Crippen LogP contribution in [0.5, 0.6) is 0 Å². The number of hydrogen-bond acceptors (Lipinski definition) is 4. The number of nitrogens with two attached hydrogens (primary N) is 1. The molecule has 0 saturated carbocycles. The molecule has 1 unspecified atom stereocenters. The highest BCUT2D eigenvalue weighted by Gasteiger charge is 2.17. The number of carbonyl (C=O) groups excluding carboxylic acids is 1. The first-order valence-electron chi connectivity index (χ1n) is 6.40. The van der Waals surface area contributed by atoms with Crippen molar-refractivity contribution in [2.24, 2.45) is 5.73 Å². The van der Waals surface area contributed by atoms with Crippen LogP contribution in [0, 0.1) is 0 Å². The zero-order valence-electron chi connectivity index (χ0n) is 11.5. The molecule has 0 aliphatic carbocycles. The van der Waals surface area contributed by atoms with Gasteiger partial charge in [0, 0.05) is 0 Å². The van der Waals surface area contributed by atoms with Crippen LogP contribution >= 0.6 is 7.60 Å². The second-order valence-corrected chi connectivity index (χ2v) is 6.24. The maximum Gasteiger partial charge on any atom is 0.329 e. The molecule has 0 spiro atoms. The van der Waals surface area contributed by atoms with E-state index in [-0.39, 0.29) is 0 Å². The predicted molar refractivity (Wildman–Crippen MR) is 73.7 cm³/mol. The molecule has 0 heterocycles. The first-order chi connectivity index (χ1) is 8.76. The van der Waals surface area contributed by atoms with Crippen LogP contribution in [0.1, 0.15) is 39.5 Å². The predicted octanol–water partition coefficient (Wildman–Crippen LogP) is 1.56. The van der Waals surface area contributed by atoms with Gasteiger partial charge in [0.25, 0.3) is 0 Å². The standard InChI is InChI=1S/C12H24NO5P/c1-3-4-5-6-7-18-12(14)11(13)8-10(2)9-19(15,16)17/h8,11H,3-7,9,13H2,1-2H3,(H2,15,16,17). The SMILES string of the molecule is CCCCCCOC(=O)C(N)C=C(C)CP(=O)(O)O. The van der Waals surface area contributed by atoms with E-state index < -0.39 is 25.8 Å². The Balaban J connectivity index is 4.05. The normalized spacial score (nSPS) is 14.3. The Kier molecular flexibility index (Phi) is 8.93. The van der Waals surface area contributed by atoms with E-state index in [2.05, 4.69) is 6.92 Å². The van der Waals surface area contributed by atoms with Crippen LogP contribution in [0.4, 0.5) is 0 Å². The number of rotatable bonds is 9. The summed E-state index contributed by atoms with van der Waals surface area (Å²) < 4.78 is 15.7. The maximum atomic E-state index is 11.5. The van der Waals surface area contributed by atoms with E-state index in [0.717, 1.165) is 25.7 Å². The van der Waals surface area contributed by atoms with Gasteiger partial charge in [-0.15, -0.1) is 0 Å². The summed E-state index contributed by atoms with van der Waals surface area (Å²) in [6.07, 6.45) is 4.95. The average Bonchev–Trinajstić information content (AvgIpc) is 2.25. The topological polar surface area (TPSA) is 110 Å². The van der Waals surface area contributed by atoms with Gasteiger partial charge in [0.15, 0.2) is 0 Å². The summed E-state index contributed by atoms with van der Waals surface area (Å²) in [6, 6.07) is -0.974. The highest BCUT2D eigenvalue weighted by atomic mass is 31.2. The molecule has 6 nitrogen and oxygen atoms in total. The van der Waals surface area contributed by atoms with E-state index in [9.17, 15) is 9.36 Å². The molecule has 0 saturated heterocycles. The monoisotopic (exact) mass is 293 g/mol. The van der Waals surface area contributed by atoms with Crippen molar-refractivity contribution in [3.8, 4) is 0 Å². The first-order valence-corrected chi connectivity index (χ1v) is 8.20. The van der Waals surface area contributed by atoms with Crippen LogP contribution in [0.25, 0.3) is 0 Å². The minimum atomic E-state index is -4.12. The third-order valence-corrected chi connectivity index (χ3v) is 3.34. The Hall–Kier alpha value is -0.680. The van der Waals surface area contributed by atoms with Crippen LogP contribution < -0.4 is 5.73 Å². The van der Waals surface area contributed by atoms with Gasteiger partial charge in [-0.3, -0.25) is 9.36 Å². The van der Waals surface area contributed by atoms with Crippen molar-refractivity contribution >= 4 is 13.6 Å². The summed E-state index contributed by atoms with van der Waals surface area (Å²) in [5, 5.41) is 0. The van der Waals surface area contributed by atoms with Gasteiger partial charge in [0.05, 0.1) is 12.8 Å². The minimum Gasteiger partial charge on any atom is -0.464 e. The molecule has 0 amide bonds. The van der Waals surface area contributed by atoms with Crippen molar-refractivity contribution in [3.63, 3.8) is 0 Å². The smallest absolute Gasteiger partial charge is 0.329 e. The Labute approximate surface area is 114 Å². The molecule has 1 atom stereocenters. The lowest BCUT2D eigenvalue weighted by Gasteiger charge is -2.10. The van der Waals surface area contributed by atoms with Gasteiger partial charge in [-0.2, -0.15) is 0 Å². The Morgan fingerprint density at radius 3 is 2.53 bits per heavy atom. The second-order valence-electron chi connectivity index (χ2n) is 4.59. The van der Waals surface area contributed by atoms with Gasteiger partial charge in [-0.25, -0.2) is 0 Å². The highest BCUT2D eigenvalue weighted by Crippen LogP contribution is 2.36. The van der Waals surface area contributed by atoms with Gasteiger partial charge in [0.2, 0.25) is 0 Å². The molecule has 0 aliphatic rings. The van der Waals surface area contributed by atoms with Crippen molar-refractivity contribution in [1.82, 2.24) is 0 Å². The summed E-state index contributed by atoms with van der Waals surface area (Å²) in [5.74, 6) is -0.568. The average molecular weight is 293 g/mol. The lowest BCUT2D eigenvalue weighted by Crippen LogP contribution is -2.31. The van der Waals surface area contributed by atoms with Gasteiger partial charge in [0.1, 0.15) is 6.04 Å². The highest BCUT2D eigenvalue weighted by molar-refractivity contribution is 7.52. The number of unbranched alkanes of at least 4 members (excludes halogenated alkanes) is 3. The molecular formula is C12H24NO5P. The van der Waals surface area contributed by atoms with Crippen molar-refractivity contribution in [3.05, 3.63) is 11.6 Å². The molecule has 0 rings (SSSR count). The Bertz CT molecular complexity index is 350. The van der Waals surface area contributed by atoms with Crippen LogP contribution in [0.3, 0.4) is 0 Å². The van der Waals surface area contributed by atoms with Crippen molar-refractivity contribution in [2.45, 2.75) is 45.6 Å². The number of ether oxygens (including phenoxy) is 1. The number of carbonyl (C=O) groups is 1. The molecule has 112 valence electrons. The van der Waals surface area contributed by atoms with E-state index in [1.165, 1.54) is 13.0 Å². The minimum absolute atomic E-state index is 0.331. The van der Waals surface area contributed by atoms with E-state index in [1.807, 2.05) is 0 Å². The lowest BCUT2D eigenvalue weighted by atomic mass is 10.2. The number of allylic oxidation sites excluding steroid dienone is 1. The van der Waals surface area contributed by atoms with Crippen molar-refractivity contribution < 1.29 is 23.9 Å². The molecule has 0 aromatic carbocycles. The molecule has 0 fully saturated rings. The lowest BCUT2D eigenvalue weighted by molar-refractivity contribution is -0.144. The molecule has 0 aromatic heterocycles. The van der Waals surface area contributed by atoms with Gasteiger partial charge >= 0.3 is 13.6 Å². The molecule has 4 N–H and O–H groups in total. The van der Waals surface area contributed by atoms with Gasteiger partial charge in [-0.05, 0) is 13.3 Å². The fourth-order valence-corrected chi connectivity index (χ4v) is 2.31. The quantitative estimate of drug-likeness (QED) is 0.257. The molecule has 0 aliphatic heterocycles. The zero-order valence-corrected chi connectivity index (χ0v) is 12.4. The van der Waals surface area contributed by atoms with E-state index in [0.29, 0.717) is 12.2 Å². The fourth-order valence-electron chi connectivity index (χ4n) is 1.55. The maximum absolute atomic E-state index is 11.5. The zero-order chi connectivity index (χ0) is 14.9. The third kappa shape index (κ3) is 10.9. The number of esters is 1. The molecule has 0 radical (unpaired) electrons. The van der Waals surface area contributed by atoms with Crippen molar-refractivity contribution in [2.75, 3.05) is 12.8 Å². The van der Waals surface area contributed by atoms with E-state index in [4.69, 9.17) is 20.3 Å². The summed E-state index contributed by atoms with van der Waals surface area (Å²) in [4.78, 5) is 29.0. The van der Waals surface area contributed by atoms with Gasteiger partial charge < -0.3 is 20.3 Å². The Morgan fingerprint density at radius 2 is 2.00 bits per heavy atom. The van der Waals surface area contributed by atoms with Crippen molar-refractivity contribution in [1.29, 1.82) is 0 Å². The van der Waals surface area contributed by atoms with Crippen LogP contribution in [-0.4, -0.2) is 34.6 Å². The summed E-state index contributed by atoms with van der Waals surface area (Å²) >= 11 is 0. The summed E-state index contributed by atoms with van der Waals surface area (Å²) in [6.45, 7) is 3.95. The summed E-state index contributed by atoms with van der Waals surface area (Å²) in [5.41, 5.74) is 5.95. The molecular weight excluding hydrogens is 269 g/mol. The first kappa shape index (κ1) is 18.3. The fraction of sp³-hybridized carbons (Fsp3) is 0.750. The molecule has 7 heteroatoms. The summed E-state index contributed by atoms with van der Waals surface area (Å²) in [7, 11) is -4.12. The van der Waals surface area contributed by atoms with Gasteiger partial charge in [-0.1, -0.05) is 37.8 Å². The second kappa shape index (κ2) is 9.26. The largest absolute Gasteiger partial charge is 0.464 e. The van der Waals surface area contributed by atoms with E-state index >= 15 is 0 Å². The van der Waals surface area contributed by atoms with Crippen LogP contribution in [0.15, 0.2) is 11.6 Å². The molecule has 19 heavy (non-hydrogen) atoms. The molecule has 0 bridgehead atoms. The van der Waals surface area contributed by atoms with Crippen LogP contribution in [-0.2, 0) is 14.1 Å². The third-order valence-electron chi connectivity index (χ3n) is 2.43. The van der Waals surface area contributed by atoms with Crippen LogP contribution in [0.2, 0.25) is 0 Å². The molecule has 0 aromatic rings.